The summed E-state index contributed by atoms with van der Waals surface area (Å²) in [6.45, 7) is 0.584. The van der Waals surface area contributed by atoms with E-state index in [1.54, 1.807) is 18.2 Å². The number of carbonyl (C=O) groups is 2. The average molecular weight is 325 g/mol. The number of rotatable bonds is 5. The van der Waals surface area contributed by atoms with Crippen LogP contribution in [-0.2, 0) is 11.2 Å². The molecular weight excluding hydrogens is 306 g/mol. The summed E-state index contributed by atoms with van der Waals surface area (Å²) < 4.78 is 5.32. The highest BCUT2D eigenvalue weighted by Gasteiger charge is 2.16. The molecule has 1 aliphatic rings. The lowest BCUT2D eigenvalue weighted by Crippen LogP contribution is -2.30. The average Bonchev–Trinajstić information content (AvgIpc) is 2.60. The van der Waals surface area contributed by atoms with Crippen molar-refractivity contribution in [3.8, 4) is 5.75 Å². The Bertz CT molecular complexity index is 732. The minimum atomic E-state index is -0.261. The quantitative estimate of drug-likeness (QED) is 0.740. The second kappa shape index (κ2) is 7.50. The smallest absolute Gasteiger partial charge is 0.319 e. The summed E-state index contributed by atoms with van der Waals surface area (Å²) in [7, 11) is 0. The Labute approximate surface area is 140 Å². The van der Waals surface area contributed by atoms with Crippen molar-refractivity contribution >= 4 is 23.3 Å². The number of hydrogen-bond donors (Lipinski definition) is 3. The number of benzene rings is 2. The Kier molecular flexibility index (Phi) is 4.96. The monoisotopic (exact) mass is 325 g/mol. The Morgan fingerprint density at radius 3 is 2.83 bits per heavy atom. The summed E-state index contributed by atoms with van der Waals surface area (Å²) in [6.07, 6.45) is 1.80. The number of ether oxygens (including phenoxy) is 1. The van der Waals surface area contributed by atoms with Crippen LogP contribution in [0.15, 0.2) is 48.5 Å². The number of nitrogens with one attached hydrogen (secondary N) is 3. The van der Waals surface area contributed by atoms with Crippen LogP contribution < -0.4 is 20.7 Å². The van der Waals surface area contributed by atoms with Gasteiger partial charge in [0.2, 0.25) is 0 Å². The van der Waals surface area contributed by atoms with Crippen molar-refractivity contribution < 1.29 is 14.3 Å². The molecule has 3 N–H and O–H groups in total. The first-order valence-electron chi connectivity index (χ1n) is 7.86. The van der Waals surface area contributed by atoms with E-state index in [0.717, 1.165) is 12.8 Å². The van der Waals surface area contributed by atoms with Gasteiger partial charge in [0.05, 0.1) is 5.69 Å². The molecule has 0 atom stereocenters. The molecule has 6 heteroatoms. The number of aryl methyl sites for hydroxylation is 1. The molecule has 3 rings (SSSR count). The first kappa shape index (κ1) is 15.9. The van der Waals surface area contributed by atoms with Gasteiger partial charge >= 0.3 is 6.03 Å². The number of hydrogen-bond acceptors (Lipinski definition) is 3. The molecule has 1 heterocycles. The van der Waals surface area contributed by atoms with Crippen LogP contribution >= 0.6 is 0 Å². The molecule has 0 radical (unpaired) electrons. The van der Waals surface area contributed by atoms with Crippen molar-refractivity contribution in [3.05, 3.63) is 54.1 Å². The molecule has 0 saturated heterocycles. The van der Waals surface area contributed by atoms with Crippen molar-refractivity contribution in [3.63, 3.8) is 0 Å². The van der Waals surface area contributed by atoms with Gasteiger partial charge in [-0.3, -0.25) is 4.79 Å². The zero-order valence-corrected chi connectivity index (χ0v) is 13.2. The maximum atomic E-state index is 11.9. The molecule has 0 saturated carbocycles. The van der Waals surface area contributed by atoms with Gasteiger partial charge in [-0.05, 0) is 30.5 Å². The molecular formula is C18H19N3O3. The summed E-state index contributed by atoms with van der Waals surface area (Å²) in [5.41, 5.74) is 2.49. The molecule has 24 heavy (non-hydrogen) atoms. The summed E-state index contributed by atoms with van der Waals surface area (Å²) in [4.78, 5) is 23.1. The Hall–Kier alpha value is -3.02. The minimum Gasteiger partial charge on any atom is -0.482 e. The van der Waals surface area contributed by atoms with Gasteiger partial charge in [-0.25, -0.2) is 4.79 Å². The van der Waals surface area contributed by atoms with Crippen LogP contribution in [0.2, 0.25) is 0 Å². The highest BCUT2D eigenvalue weighted by Crippen LogP contribution is 2.30. The summed E-state index contributed by atoms with van der Waals surface area (Å²) >= 11 is 0. The predicted octanol–water partition coefficient (Wildman–Crippen LogP) is 2.77. The third kappa shape index (κ3) is 4.25. The molecule has 3 amide bonds. The van der Waals surface area contributed by atoms with E-state index in [1.165, 1.54) is 5.56 Å². The fourth-order valence-electron chi connectivity index (χ4n) is 2.47. The summed E-state index contributed by atoms with van der Waals surface area (Å²) in [5.74, 6) is 0.371. The Morgan fingerprint density at radius 1 is 1.17 bits per heavy atom. The first-order valence-corrected chi connectivity index (χ1v) is 7.86. The van der Waals surface area contributed by atoms with E-state index < -0.39 is 0 Å². The standard InChI is InChI=1S/C18H19N3O3/c22-17-12-24-16-11-14(8-9-15(16)21-17)20-18(23)19-10-4-7-13-5-2-1-3-6-13/h1-3,5-6,8-9,11H,4,7,10,12H2,(H,21,22)(H2,19,20,23). The van der Waals surface area contributed by atoms with E-state index in [2.05, 4.69) is 28.1 Å². The molecule has 0 bridgehead atoms. The van der Waals surface area contributed by atoms with Gasteiger partial charge in [-0.15, -0.1) is 0 Å². The van der Waals surface area contributed by atoms with Gasteiger partial charge in [0, 0.05) is 18.3 Å². The van der Waals surface area contributed by atoms with E-state index in [1.807, 2.05) is 18.2 Å². The van der Waals surface area contributed by atoms with E-state index in [4.69, 9.17) is 4.74 Å². The van der Waals surface area contributed by atoms with Crippen molar-refractivity contribution in [2.45, 2.75) is 12.8 Å². The maximum Gasteiger partial charge on any atom is 0.319 e. The molecule has 0 spiro atoms. The largest absolute Gasteiger partial charge is 0.482 e. The number of urea groups is 1. The number of fused-ring (bicyclic) bond motifs is 1. The van der Waals surface area contributed by atoms with Crippen LogP contribution in [-0.4, -0.2) is 25.1 Å². The maximum absolute atomic E-state index is 11.9. The second-order valence-corrected chi connectivity index (χ2v) is 5.52. The molecule has 2 aromatic carbocycles. The van der Waals surface area contributed by atoms with Crippen molar-refractivity contribution in [1.82, 2.24) is 5.32 Å². The third-order valence-corrected chi connectivity index (χ3v) is 3.64. The van der Waals surface area contributed by atoms with Gasteiger partial charge in [-0.2, -0.15) is 0 Å². The van der Waals surface area contributed by atoms with Crippen LogP contribution in [0, 0.1) is 0 Å². The fourth-order valence-corrected chi connectivity index (χ4v) is 2.47. The van der Waals surface area contributed by atoms with Gasteiger partial charge < -0.3 is 20.7 Å². The zero-order chi connectivity index (χ0) is 16.8. The van der Waals surface area contributed by atoms with Gasteiger partial charge in [0.1, 0.15) is 5.75 Å². The second-order valence-electron chi connectivity index (χ2n) is 5.52. The fraction of sp³-hybridized carbons (Fsp3) is 0.222. The normalized spacial score (nSPS) is 12.6. The predicted molar refractivity (Wildman–Crippen MR) is 92.4 cm³/mol. The molecule has 6 nitrogen and oxygen atoms in total. The topological polar surface area (TPSA) is 79.5 Å². The van der Waals surface area contributed by atoms with E-state index >= 15 is 0 Å². The molecule has 0 fully saturated rings. The lowest BCUT2D eigenvalue weighted by molar-refractivity contribution is -0.118. The molecule has 0 unspecified atom stereocenters. The van der Waals surface area contributed by atoms with E-state index in [9.17, 15) is 9.59 Å². The minimum absolute atomic E-state index is 0.0118. The Balaban J connectivity index is 1.44. The SMILES string of the molecule is O=C1COc2cc(NC(=O)NCCCc3ccccc3)ccc2N1. The lowest BCUT2D eigenvalue weighted by atomic mass is 10.1. The van der Waals surface area contributed by atoms with Crippen LogP contribution in [0.5, 0.6) is 5.75 Å². The third-order valence-electron chi connectivity index (χ3n) is 3.64. The summed E-state index contributed by atoms with van der Waals surface area (Å²) in [5, 5.41) is 8.29. The molecule has 1 aliphatic heterocycles. The van der Waals surface area contributed by atoms with Gasteiger partial charge in [0.25, 0.3) is 5.91 Å². The highest BCUT2D eigenvalue weighted by atomic mass is 16.5. The zero-order valence-electron chi connectivity index (χ0n) is 13.2. The van der Waals surface area contributed by atoms with Crippen LogP contribution in [0.4, 0.5) is 16.2 Å². The summed E-state index contributed by atoms with van der Waals surface area (Å²) in [6, 6.07) is 15.0. The van der Waals surface area contributed by atoms with Crippen LogP contribution in [0.3, 0.4) is 0 Å². The van der Waals surface area contributed by atoms with E-state index in [0.29, 0.717) is 23.7 Å². The lowest BCUT2D eigenvalue weighted by Gasteiger charge is -2.18. The number of anilines is 2. The first-order chi connectivity index (χ1) is 11.7. The van der Waals surface area contributed by atoms with Crippen LogP contribution in [0.1, 0.15) is 12.0 Å². The highest BCUT2D eigenvalue weighted by molar-refractivity contribution is 5.96. The molecule has 0 aliphatic carbocycles. The Morgan fingerprint density at radius 2 is 2.00 bits per heavy atom. The number of carbonyl (C=O) groups excluding carboxylic acids is 2. The van der Waals surface area contributed by atoms with Gasteiger partial charge in [0.15, 0.2) is 6.61 Å². The van der Waals surface area contributed by atoms with Crippen molar-refractivity contribution in [1.29, 1.82) is 0 Å². The molecule has 124 valence electrons. The molecule has 0 aromatic heterocycles. The van der Waals surface area contributed by atoms with Crippen molar-refractivity contribution in [2.75, 3.05) is 23.8 Å². The van der Waals surface area contributed by atoms with Crippen molar-refractivity contribution in [2.24, 2.45) is 0 Å². The van der Waals surface area contributed by atoms with E-state index in [-0.39, 0.29) is 18.5 Å². The van der Waals surface area contributed by atoms with Gasteiger partial charge in [-0.1, -0.05) is 30.3 Å². The molecule has 2 aromatic rings. The number of amides is 3. The van der Waals surface area contributed by atoms with Crippen LogP contribution in [0.25, 0.3) is 0 Å².